The van der Waals surface area contributed by atoms with E-state index in [2.05, 4.69) is 26.8 Å². The van der Waals surface area contributed by atoms with Crippen LogP contribution >= 0.6 is 0 Å². The van der Waals surface area contributed by atoms with Gasteiger partial charge in [0.15, 0.2) is 6.29 Å². The Balaban J connectivity index is 2.11. The smallest absolute Gasteiger partial charge is 0.186 e. The molecule has 27 heavy (non-hydrogen) atoms. The van der Waals surface area contributed by atoms with Crippen molar-refractivity contribution in [3.8, 4) is 0 Å². The molecule has 1 fully saturated rings. The molecule has 156 valence electrons. The fourth-order valence-electron chi connectivity index (χ4n) is 3.92. The predicted molar refractivity (Wildman–Crippen MR) is 100.0 cm³/mol. The molecule has 1 heterocycles. The quantitative estimate of drug-likeness (QED) is 0.537. The van der Waals surface area contributed by atoms with Crippen LogP contribution < -0.4 is 0 Å². The molecule has 1 aliphatic carbocycles. The first kappa shape index (κ1) is 22.5. The molecule has 0 aromatic rings. The van der Waals surface area contributed by atoms with Gasteiger partial charge in [-0.3, -0.25) is 0 Å². The summed E-state index contributed by atoms with van der Waals surface area (Å²) in [7, 11) is 1.67. The van der Waals surface area contributed by atoms with Crippen LogP contribution in [0.1, 0.15) is 40.5 Å². The lowest BCUT2D eigenvalue weighted by atomic mass is 9.71. The molecule has 0 amide bonds. The van der Waals surface area contributed by atoms with Gasteiger partial charge in [-0.1, -0.05) is 31.6 Å². The van der Waals surface area contributed by atoms with Gasteiger partial charge in [-0.05, 0) is 37.7 Å². The normalized spacial score (nSPS) is 38.4. The van der Waals surface area contributed by atoms with Crippen molar-refractivity contribution in [1.82, 2.24) is 0 Å². The fraction of sp³-hybridized carbons (Fsp3) is 0.800. The lowest BCUT2D eigenvalue weighted by Crippen LogP contribution is -2.59. The first-order valence-electron chi connectivity index (χ1n) is 9.48. The van der Waals surface area contributed by atoms with E-state index in [1.165, 1.54) is 11.1 Å². The number of hydrogen-bond acceptors (Lipinski definition) is 7. The zero-order valence-corrected chi connectivity index (χ0v) is 16.8. The van der Waals surface area contributed by atoms with Gasteiger partial charge in [0.2, 0.25) is 0 Å². The molecule has 2 rings (SSSR count). The number of methoxy groups -OCH3 is 1. The first-order valence-corrected chi connectivity index (χ1v) is 9.48. The Morgan fingerprint density at radius 3 is 2.44 bits per heavy atom. The highest BCUT2D eigenvalue weighted by Gasteiger charge is 2.45. The van der Waals surface area contributed by atoms with Crippen LogP contribution in [0.4, 0.5) is 0 Å². The van der Waals surface area contributed by atoms with Gasteiger partial charge in [-0.2, -0.15) is 0 Å². The maximum atomic E-state index is 10.2. The molecule has 1 saturated heterocycles. The highest BCUT2D eigenvalue weighted by molar-refractivity contribution is 5.34. The summed E-state index contributed by atoms with van der Waals surface area (Å²) in [5, 5.41) is 39.3. The fourth-order valence-corrected chi connectivity index (χ4v) is 3.92. The van der Waals surface area contributed by atoms with Gasteiger partial charge in [0.25, 0.3) is 0 Å². The van der Waals surface area contributed by atoms with Crippen molar-refractivity contribution in [2.45, 2.75) is 83.5 Å². The second-order valence-electron chi connectivity index (χ2n) is 8.24. The van der Waals surface area contributed by atoms with E-state index in [4.69, 9.17) is 14.2 Å². The average molecular weight is 386 g/mol. The molecular weight excluding hydrogens is 352 g/mol. The van der Waals surface area contributed by atoms with Crippen LogP contribution in [0.25, 0.3) is 0 Å². The van der Waals surface area contributed by atoms with Crippen LogP contribution in [0.15, 0.2) is 23.3 Å². The number of aliphatic hydroxyl groups excluding tert-OH is 4. The van der Waals surface area contributed by atoms with Crippen molar-refractivity contribution >= 4 is 0 Å². The van der Waals surface area contributed by atoms with Gasteiger partial charge in [0, 0.05) is 7.11 Å². The van der Waals surface area contributed by atoms with Gasteiger partial charge >= 0.3 is 0 Å². The maximum Gasteiger partial charge on any atom is 0.186 e. The summed E-state index contributed by atoms with van der Waals surface area (Å²) in [5.74, 6) is 0. The van der Waals surface area contributed by atoms with Gasteiger partial charge in [-0.15, -0.1) is 0 Å². The van der Waals surface area contributed by atoms with Crippen molar-refractivity contribution in [2.24, 2.45) is 5.41 Å². The van der Waals surface area contributed by atoms with Gasteiger partial charge < -0.3 is 34.6 Å². The van der Waals surface area contributed by atoms with Crippen molar-refractivity contribution in [1.29, 1.82) is 0 Å². The standard InChI is InChI=1S/C20H34O7/c1-11-8-13(9-20(3,4)14(11)7-6-12(2)25-5)26-19-18(24)17(23)16(22)15(10-21)27-19/h6-7,12-13,15-19,21-24H,8-10H2,1-5H3/b7-6+/t12-,13-,15-,16-,17+,18-,19-/m1/s1. The minimum Gasteiger partial charge on any atom is -0.394 e. The summed E-state index contributed by atoms with van der Waals surface area (Å²) in [4.78, 5) is 0. The molecule has 1 aliphatic heterocycles. The van der Waals surface area contributed by atoms with Crippen LogP contribution in [0.3, 0.4) is 0 Å². The molecule has 0 unspecified atom stereocenters. The number of aliphatic hydroxyl groups is 4. The molecule has 0 aromatic carbocycles. The van der Waals surface area contributed by atoms with Crippen LogP contribution in [0, 0.1) is 5.41 Å². The highest BCUT2D eigenvalue weighted by atomic mass is 16.7. The Morgan fingerprint density at radius 2 is 1.89 bits per heavy atom. The Bertz CT molecular complexity index is 555. The van der Waals surface area contributed by atoms with Crippen LogP contribution in [0.5, 0.6) is 0 Å². The molecule has 2 aliphatic rings. The van der Waals surface area contributed by atoms with E-state index < -0.39 is 37.3 Å². The van der Waals surface area contributed by atoms with Gasteiger partial charge in [-0.25, -0.2) is 0 Å². The molecule has 0 spiro atoms. The Hall–Kier alpha value is -0.800. The monoisotopic (exact) mass is 386 g/mol. The van der Waals surface area contributed by atoms with Gasteiger partial charge in [0.05, 0.1) is 18.8 Å². The number of ether oxygens (including phenoxy) is 3. The topological polar surface area (TPSA) is 109 Å². The number of rotatable bonds is 6. The molecule has 0 bridgehead atoms. The van der Waals surface area contributed by atoms with Crippen LogP contribution in [-0.2, 0) is 14.2 Å². The minimum atomic E-state index is -1.43. The second-order valence-corrected chi connectivity index (χ2v) is 8.24. The largest absolute Gasteiger partial charge is 0.394 e. The molecule has 4 N–H and O–H groups in total. The third-order valence-electron chi connectivity index (χ3n) is 5.54. The molecule has 0 aromatic heterocycles. The zero-order valence-electron chi connectivity index (χ0n) is 16.8. The third kappa shape index (κ3) is 5.17. The molecule has 7 nitrogen and oxygen atoms in total. The van der Waals surface area contributed by atoms with Crippen molar-refractivity contribution in [2.75, 3.05) is 13.7 Å². The summed E-state index contributed by atoms with van der Waals surface area (Å²) >= 11 is 0. The Morgan fingerprint density at radius 1 is 1.22 bits per heavy atom. The molecule has 0 saturated carbocycles. The highest BCUT2D eigenvalue weighted by Crippen LogP contribution is 2.42. The Labute approximate surface area is 161 Å². The predicted octanol–water partition coefficient (Wildman–Crippen LogP) is 0.899. The van der Waals surface area contributed by atoms with E-state index in [1.807, 2.05) is 13.0 Å². The van der Waals surface area contributed by atoms with E-state index in [1.54, 1.807) is 7.11 Å². The maximum absolute atomic E-state index is 10.2. The SMILES string of the molecule is CO[C@H](C)/C=C/C1=C(C)C[C@@H](O[C@@H]2O[C@H](CO)[C@@H](O)[C@H](O)[C@H]2O)CC1(C)C. The molecule has 7 atom stereocenters. The van der Waals surface area contributed by atoms with Gasteiger partial charge in [0.1, 0.15) is 24.4 Å². The number of allylic oxidation sites excluding steroid dienone is 2. The van der Waals surface area contributed by atoms with Crippen molar-refractivity contribution in [3.63, 3.8) is 0 Å². The van der Waals surface area contributed by atoms with Crippen LogP contribution in [0.2, 0.25) is 0 Å². The first-order chi connectivity index (χ1) is 12.6. The number of hydrogen-bond donors (Lipinski definition) is 4. The van der Waals surface area contributed by atoms with Crippen molar-refractivity contribution in [3.05, 3.63) is 23.3 Å². The van der Waals surface area contributed by atoms with E-state index in [0.717, 1.165) is 0 Å². The third-order valence-corrected chi connectivity index (χ3v) is 5.54. The van der Waals surface area contributed by atoms with E-state index in [9.17, 15) is 20.4 Å². The lowest BCUT2D eigenvalue weighted by Gasteiger charge is -2.43. The summed E-state index contributed by atoms with van der Waals surface area (Å²) in [5.41, 5.74) is 2.27. The van der Waals surface area contributed by atoms with E-state index in [0.29, 0.717) is 12.8 Å². The summed E-state index contributed by atoms with van der Waals surface area (Å²) < 4.78 is 16.7. The summed E-state index contributed by atoms with van der Waals surface area (Å²) in [6, 6.07) is 0. The Kier molecular flexibility index (Phi) is 7.61. The zero-order chi connectivity index (χ0) is 20.4. The van der Waals surface area contributed by atoms with Crippen LogP contribution in [-0.4, -0.2) is 77.1 Å². The summed E-state index contributed by atoms with van der Waals surface area (Å²) in [6.45, 7) is 7.84. The lowest BCUT2D eigenvalue weighted by molar-refractivity contribution is -0.313. The molecule has 0 radical (unpaired) electrons. The minimum absolute atomic E-state index is 0.0317. The second kappa shape index (κ2) is 9.13. The van der Waals surface area contributed by atoms with E-state index in [-0.39, 0.29) is 17.6 Å². The average Bonchev–Trinajstić information content (AvgIpc) is 2.60. The summed E-state index contributed by atoms with van der Waals surface area (Å²) in [6.07, 6.45) is -0.915. The molecular formula is C20H34O7. The van der Waals surface area contributed by atoms with E-state index >= 15 is 0 Å². The van der Waals surface area contributed by atoms with Crippen molar-refractivity contribution < 1.29 is 34.6 Å². The molecule has 7 heteroatoms.